The molecular formula is C35H44F2N4O7S. The van der Waals surface area contributed by atoms with Gasteiger partial charge in [-0.2, -0.15) is 4.31 Å². The molecule has 3 aromatic rings. The number of amides is 3. The number of aliphatic hydroxyl groups is 1. The van der Waals surface area contributed by atoms with E-state index in [1.54, 1.807) is 19.1 Å². The molecule has 0 saturated carbocycles. The molecule has 3 aromatic carbocycles. The molecule has 0 unspecified atom stereocenters. The van der Waals surface area contributed by atoms with Gasteiger partial charge < -0.3 is 30.1 Å². The predicted octanol–water partition coefficient (Wildman–Crippen LogP) is 5.73. The van der Waals surface area contributed by atoms with Gasteiger partial charge in [0.2, 0.25) is 10.0 Å². The summed E-state index contributed by atoms with van der Waals surface area (Å²) < 4.78 is 67.1. The number of likely N-dealkylation sites (N-methyl/N-ethyl adjacent to an activating group) is 1. The minimum absolute atomic E-state index is 0.0379. The Morgan fingerprint density at radius 1 is 1.00 bits per heavy atom. The van der Waals surface area contributed by atoms with Crippen molar-refractivity contribution in [2.75, 3.05) is 44.0 Å². The standard InChI is InChI=1S/C35H44F2N4O7S/c1-23-20-41(24(2)22-42)34(43)31-19-29(39-35(44)38-28-12-8-26(36)9-13-28)14-17-32(31)48-25(3)7-5-6-18-47-33(23)21-40(4)49(45,46)30-15-10-27(37)11-16-30/h8-17,19,23-25,33,42H,5-7,18,20-22H2,1-4H3,(H2,38,39,44)/t23-,24-,25+,33-/m0/s1. The summed E-state index contributed by atoms with van der Waals surface area (Å²) in [5, 5.41) is 15.5. The number of ether oxygens (including phenoxy) is 2. The fourth-order valence-corrected chi connectivity index (χ4v) is 6.61. The van der Waals surface area contributed by atoms with Crippen LogP contribution in [0.25, 0.3) is 0 Å². The Morgan fingerprint density at radius 2 is 1.61 bits per heavy atom. The number of carbonyl (C=O) groups excluding carboxylic acids is 2. The van der Waals surface area contributed by atoms with Crippen LogP contribution in [0, 0.1) is 17.6 Å². The third-order valence-corrected chi connectivity index (χ3v) is 10.2. The van der Waals surface area contributed by atoms with E-state index in [2.05, 4.69) is 10.6 Å². The molecule has 0 spiro atoms. The van der Waals surface area contributed by atoms with Gasteiger partial charge >= 0.3 is 6.03 Å². The number of urea groups is 1. The molecule has 1 aliphatic rings. The SMILES string of the molecule is C[C@@H]1CCCCO[C@@H](CN(C)S(=O)(=O)c2ccc(F)cc2)[C@@H](C)CN([C@@H](C)CO)C(=O)c2cc(NC(=O)Nc3ccc(F)cc3)ccc2O1. The first-order chi connectivity index (χ1) is 23.3. The molecule has 0 fully saturated rings. The van der Waals surface area contributed by atoms with Gasteiger partial charge in [0, 0.05) is 44.0 Å². The predicted molar refractivity (Wildman–Crippen MR) is 182 cm³/mol. The molecule has 3 N–H and O–H groups in total. The number of rotatable bonds is 8. The van der Waals surface area contributed by atoms with Gasteiger partial charge in [0.25, 0.3) is 5.91 Å². The van der Waals surface area contributed by atoms with Gasteiger partial charge in [0.1, 0.15) is 17.4 Å². The van der Waals surface area contributed by atoms with Crippen LogP contribution >= 0.6 is 0 Å². The average molecular weight is 703 g/mol. The summed E-state index contributed by atoms with van der Waals surface area (Å²) in [5.74, 6) is -1.57. The van der Waals surface area contributed by atoms with E-state index < -0.39 is 51.7 Å². The Balaban J connectivity index is 1.62. The molecule has 49 heavy (non-hydrogen) atoms. The van der Waals surface area contributed by atoms with Crippen molar-refractivity contribution >= 4 is 33.3 Å². The van der Waals surface area contributed by atoms with E-state index in [1.165, 1.54) is 54.4 Å². The Labute approximate surface area is 286 Å². The Kier molecular flexibility index (Phi) is 13.1. The van der Waals surface area contributed by atoms with Crippen LogP contribution in [0.2, 0.25) is 0 Å². The number of carbonyl (C=O) groups is 2. The maximum absolute atomic E-state index is 14.3. The van der Waals surface area contributed by atoms with Crippen LogP contribution < -0.4 is 15.4 Å². The minimum atomic E-state index is -3.98. The number of nitrogens with zero attached hydrogens (tertiary/aromatic N) is 2. The third-order valence-electron chi connectivity index (χ3n) is 8.37. The molecule has 0 aliphatic carbocycles. The lowest BCUT2D eigenvalue weighted by Crippen LogP contribution is -2.48. The van der Waals surface area contributed by atoms with Gasteiger partial charge in [-0.3, -0.25) is 4.79 Å². The maximum atomic E-state index is 14.3. The first kappa shape index (κ1) is 37.7. The number of fused-ring (bicyclic) bond motifs is 1. The molecule has 0 radical (unpaired) electrons. The first-order valence-electron chi connectivity index (χ1n) is 16.2. The molecule has 0 saturated heterocycles. The highest BCUT2D eigenvalue weighted by Crippen LogP contribution is 2.29. The zero-order valence-corrected chi connectivity index (χ0v) is 28.9. The molecule has 266 valence electrons. The quantitative estimate of drug-likeness (QED) is 0.273. The van der Waals surface area contributed by atoms with Crippen molar-refractivity contribution in [2.45, 2.75) is 63.2 Å². The van der Waals surface area contributed by atoms with Crippen molar-refractivity contribution in [3.05, 3.63) is 83.9 Å². The monoisotopic (exact) mass is 702 g/mol. The molecule has 3 amide bonds. The largest absolute Gasteiger partial charge is 0.490 e. The van der Waals surface area contributed by atoms with Crippen LogP contribution in [-0.4, -0.2) is 86.3 Å². The maximum Gasteiger partial charge on any atom is 0.323 e. The van der Waals surface area contributed by atoms with Gasteiger partial charge in [-0.25, -0.2) is 22.0 Å². The topological polar surface area (TPSA) is 138 Å². The highest BCUT2D eigenvalue weighted by Gasteiger charge is 2.32. The lowest BCUT2D eigenvalue weighted by atomic mass is 10.0. The van der Waals surface area contributed by atoms with Crippen molar-refractivity contribution in [3.63, 3.8) is 0 Å². The van der Waals surface area contributed by atoms with E-state index >= 15 is 0 Å². The van der Waals surface area contributed by atoms with E-state index in [-0.39, 0.29) is 36.3 Å². The van der Waals surface area contributed by atoms with Crippen LogP contribution in [-0.2, 0) is 14.8 Å². The molecule has 1 heterocycles. The summed E-state index contributed by atoms with van der Waals surface area (Å²) in [5.41, 5.74) is 0.822. The molecule has 1 aliphatic heterocycles. The highest BCUT2D eigenvalue weighted by molar-refractivity contribution is 7.89. The molecule has 4 rings (SSSR count). The average Bonchev–Trinajstić information content (AvgIpc) is 3.07. The smallest absolute Gasteiger partial charge is 0.323 e. The summed E-state index contributed by atoms with van der Waals surface area (Å²) in [6.07, 6.45) is 1.15. The Hall–Kier alpha value is -4.11. The fraction of sp³-hybridized carbons (Fsp3) is 0.429. The van der Waals surface area contributed by atoms with Gasteiger partial charge in [0.15, 0.2) is 0 Å². The second-order valence-corrected chi connectivity index (χ2v) is 14.4. The summed E-state index contributed by atoms with van der Waals surface area (Å²) in [4.78, 5) is 28.5. The number of hydrogen-bond donors (Lipinski definition) is 3. The van der Waals surface area contributed by atoms with Crippen LogP contribution in [0.15, 0.2) is 71.6 Å². The molecule has 4 atom stereocenters. The van der Waals surface area contributed by atoms with Crippen molar-refractivity contribution in [1.29, 1.82) is 0 Å². The highest BCUT2D eigenvalue weighted by atomic mass is 32.2. The Bertz CT molecular complexity index is 1680. The number of hydrogen-bond acceptors (Lipinski definition) is 7. The lowest BCUT2D eigenvalue weighted by molar-refractivity contribution is -0.00834. The molecule has 0 aromatic heterocycles. The van der Waals surface area contributed by atoms with Crippen molar-refractivity contribution < 1.29 is 41.4 Å². The van der Waals surface area contributed by atoms with Crippen LogP contribution in [0.3, 0.4) is 0 Å². The molecular weight excluding hydrogens is 658 g/mol. The first-order valence-corrected chi connectivity index (χ1v) is 17.6. The van der Waals surface area contributed by atoms with E-state index in [0.717, 1.165) is 22.9 Å². The van der Waals surface area contributed by atoms with Crippen LogP contribution in [0.4, 0.5) is 25.0 Å². The van der Waals surface area contributed by atoms with Crippen molar-refractivity contribution in [3.8, 4) is 5.75 Å². The number of aliphatic hydroxyl groups excluding tert-OH is 1. The minimum Gasteiger partial charge on any atom is -0.490 e. The summed E-state index contributed by atoms with van der Waals surface area (Å²) >= 11 is 0. The van der Waals surface area contributed by atoms with Gasteiger partial charge in [-0.1, -0.05) is 6.92 Å². The lowest BCUT2D eigenvalue weighted by Gasteiger charge is -2.35. The summed E-state index contributed by atoms with van der Waals surface area (Å²) in [6.45, 7) is 5.47. The number of sulfonamides is 1. The fourth-order valence-electron chi connectivity index (χ4n) is 5.43. The zero-order valence-electron chi connectivity index (χ0n) is 28.1. The summed E-state index contributed by atoms with van der Waals surface area (Å²) in [6, 6.07) is 13.3. The van der Waals surface area contributed by atoms with Crippen LogP contribution in [0.5, 0.6) is 5.75 Å². The number of halogens is 2. The molecule has 0 bridgehead atoms. The van der Waals surface area contributed by atoms with Gasteiger partial charge in [-0.05, 0) is 99.8 Å². The number of benzene rings is 3. The van der Waals surface area contributed by atoms with E-state index in [4.69, 9.17) is 9.47 Å². The van der Waals surface area contributed by atoms with E-state index in [1.807, 2.05) is 13.8 Å². The van der Waals surface area contributed by atoms with Gasteiger partial charge in [-0.15, -0.1) is 0 Å². The third kappa shape index (κ3) is 10.2. The second kappa shape index (κ2) is 17.0. The Morgan fingerprint density at radius 3 is 2.27 bits per heavy atom. The van der Waals surface area contributed by atoms with Crippen molar-refractivity contribution in [2.24, 2.45) is 5.92 Å². The van der Waals surface area contributed by atoms with E-state index in [9.17, 15) is 31.9 Å². The van der Waals surface area contributed by atoms with Crippen molar-refractivity contribution in [1.82, 2.24) is 9.21 Å². The number of nitrogens with one attached hydrogen (secondary N) is 2. The van der Waals surface area contributed by atoms with E-state index in [0.29, 0.717) is 36.6 Å². The summed E-state index contributed by atoms with van der Waals surface area (Å²) in [7, 11) is -2.55. The molecule has 11 nitrogen and oxygen atoms in total. The van der Waals surface area contributed by atoms with Gasteiger partial charge in [0.05, 0.1) is 35.3 Å². The zero-order chi connectivity index (χ0) is 35.7. The van der Waals surface area contributed by atoms with Crippen LogP contribution in [0.1, 0.15) is 50.4 Å². The second-order valence-electron chi connectivity index (χ2n) is 12.3. The molecule has 14 heteroatoms. The normalized spacial score (nSPS) is 20.1. The number of anilines is 2.